The first-order chi connectivity index (χ1) is 13.2. The third-order valence-corrected chi connectivity index (χ3v) is 4.86. The number of aryl methyl sites for hydroxylation is 1. The van der Waals surface area contributed by atoms with Crippen LogP contribution in [-0.2, 0) is 0 Å². The number of hydrogen-bond donors (Lipinski definition) is 1. The van der Waals surface area contributed by atoms with Crippen LogP contribution in [-0.4, -0.2) is 41.1 Å². The molecule has 27 heavy (non-hydrogen) atoms. The molecule has 3 aromatic rings. The molecule has 138 valence electrons. The van der Waals surface area contributed by atoms with Crippen LogP contribution in [0.5, 0.6) is 0 Å². The number of anilines is 4. The zero-order chi connectivity index (χ0) is 18.6. The lowest BCUT2D eigenvalue weighted by atomic mass is 10.2. The second-order valence-electron chi connectivity index (χ2n) is 6.49. The van der Waals surface area contributed by atoms with Crippen LogP contribution in [0, 0.1) is 6.92 Å². The van der Waals surface area contributed by atoms with E-state index in [0.29, 0.717) is 0 Å². The predicted molar refractivity (Wildman–Crippen MR) is 110 cm³/mol. The molecule has 1 saturated heterocycles. The van der Waals surface area contributed by atoms with Gasteiger partial charge in [0.2, 0.25) is 5.95 Å². The van der Waals surface area contributed by atoms with E-state index in [9.17, 15) is 0 Å². The Morgan fingerprint density at radius 1 is 0.926 bits per heavy atom. The van der Waals surface area contributed by atoms with Crippen molar-refractivity contribution in [1.82, 2.24) is 15.0 Å². The molecule has 0 spiro atoms. The number of halogens is 1. The van der Waals surface area contributed by atoms with Gasteiger partial charge in [0.15, 0.2) is 0 Å². The van der Waals surface area contributed by atoms with E-state index in [0.717, 1.165) is 60.0 Å². The third kappa shape index (κ3) is 4.11. The first-order valence-corrected chi connectivity index (χ1v) is 9.34. The second-order valence-corrected chi connectivity index (χ2v) is 6.92. The van der Waals surface area contributed by atoms with Crippen molar-refractivity contribution >= 4 is 34.9 Å². The van der Waals surface area contributed by atoms with Crippen LogP contribution >= 0.6 is 11.6 Å². The Morgan fingerprint density at radius 2 is 1.74 bits per heavy atom. The van der Waals surface area contributed by atoms with E-state index >= 15 is 0 Å². The summed E-state index contributed by atoms with van der Waals surface area (Å²) in [6.07, 6.45) is 3.62. The SMILES string of the molecule is Cc1cc(Cl)ccc1Nc1ccnc(N2CCN(c3ccccn3)CC2)n1. The van der Waals surface area contributed by atoms with Crippen LogP contribution in [0.1, 0.15) is 5.56 Å². The van der Waals surface area contributed by atoms with E-state index in [1.54, 1.807) is 6.20 Å². The molecule has 0 bridgehead atoms. The third-order valence-electron chi connectivity index (χ3n) is 4.63. The summed E-state index contributed by atoms with van der Waals surface area (Å²) in [6.45, 7) is 5.54. The number of piperazine rings is 1. The van der Waals surface area contributed by atoms with Crippen LogP contribution in [0.2, 0.25) is 5.02 Å². The second kappa shape index (κ2) is 7.80. The quantitative estimate of drug-likeness (QED) is 0.740. The fourth-order valence-electron chi connectivity index (χ4n) is 3.15. The summed E-state index contributed by atoms with van der Waals surface area (Å²) in [5.41, 5.74) is 2.07. The van der Waals surface area contributed by atoms with Crippen molar-refractivity contribution in [1.29, 1.82) is 0 Å². The molecule has 3 heterocycles. The monoisotopic (exact) mass is 380 g/mol. The minimum absolute atomic E-state index is 0.729. The average Bonchev–Trinajstić information content (AvgIpc) is 2.71. The summed E-state index contributed by atoms with van der Waals surface area (Å²) in [4.78, 5) is 18.1. The van der Waals surface area contributed by atoms with Crippen molar-refractivity contribution in [3.63, 3.8) is 0 Å². The predicted octanol–water partition coefficient (Wildman–Crippen LogP) is 3.90. The Morgan fingerprint density at radius 3 is 2.48 bits per heavy atom. The molecule has 2 aromatic heterocycles. The number of hydrogen-bond acceptors (Lipinski definition) is 6. The van der Waals surface area contributed by atoms with Gasteiger partial charge in [0, 0.05) is 49.3 Å². The molecule has 6 nitrogen and oxygen atoms in total. The highest BCUT2D eigenvalue weighted by Gasteiger charge is 2.20. The smallest absolute Gasteiger partial charge is 0.227 e. The lowest BCUT2D eigenvalue weighted by molar-refractivity contribution is 0.635. The summed E-state index contributed by atoms with van der Waals surface area (Å²) in [5.74, 6) is 2.54. The first kappa shape index (κ1) is 17.5. The molecule has 7 heteroatoms. The van der Waals surface area contributed by atoms with Crippen LogP contribution < -0.4 is 15.1 Å². The van der Waals surface area contributed by atoms with Crippen LogP contribution in [0.25, 0.3) is 0 Å². The van der Waals surface area contributed by atoms with Crippen LogP contribution in [0.3, 0.4) is 0 Å². The number of pyridine rings is 1. The summed E-state index contributed by atoms with van der Waals surface area (Å²) >= 11 is 6.03. The largest absolute Gasteiger partial charge is 0.353 e. The summed E-state index contributed by atoms with van der Waals surface area (Å²) < 4.78 is 0. The zero-order valence-corrected chi connectivity index (χ0v) is 15.9. The molecular weight excluding hydrogens is 360 g/mol. The first-order valence-electron chi connectivity index (χ1n) is 8.96. The van der Waals surface area contributed by atoms with Gasteiger partial charge in [-0.25, -0.2) is 9.97 Å². The van der Waals surface area contributed by atoms with E-state index < -0.39 is 0 Å². The zero-order valence-electron chi connectivity index (χ0n) is 15.1. The van der Waals surface area contributed by atoms with Crippen LogP contribution in [0.15, 0.2) is 54.9 Å². The van der Waals surface area contributed by atoms with E-state index in [1.807, 2.05) is 55.6 Å². The standard InChI is InChI=1S/C20H21ClN6/c1-15-14-16(21)5-6-17(15)24-18-7-9-23-20(25-18)27-12-10-26(11-13-27)19-4-2-3-8-22-19/h2-9,14H,10-13H2,1H3,(H,23,24,25). The fourth-order valence-corrected chi connectivity index (χ4v) is 3.38. The maximum Gasteiger partial charge on any atom is 0.227 e. The molecule has 0 aliphatic carbocycles. The molecule has 1 aliphatic rings. The van der Waals surface area contributed by atoms with Crippen molar-refractivity contribution in [2.75, 3.05) is 41.3 Å². The normalized spacial score (nSPS) is 14.3. The van der Waals surface area contributed by atoms with E-state index in [4.69, 9.17) is 11.6 Å². The topological polar surface area (TPSA) is 57.2 Å². The van der Waals surface area contributed by atoms with Gasteiger partial charge >= 0.3 is 0 Å². The molecular formula is C20H21ClN6. The van der Waals surface area contributed by atoms with Crippen LogP contribution in [0.4, 0.5) is 23.3 Å². The molecule has 1 fully saturated rings. The molecule has 1 aliphatic heterocycles. The Labute approximate surface area is 163 Å². The molecule has 1 aromatic carbocycles. The van der Waals surface area contributed by atoms with Gasteiger partial charge in [-0.2, -0.15) is 4.98 Å². The van der Waals surface area contributed by atoms with Gasteiger partial charge < -0.3 is 15.1 Å². The summed E-state index contributed by atoms with van der Waals surface area (Å²) in [7, 11) is 0. The minimum Gasteiger partial charge on any atom is -0.353 e. The van der Waals surface area contributed by atoms with E-state index in [-0.39, 0.29) is 0 Å². The number of rotatable bonds is 4. The lowest BCUT2D eigenvalue weighted by Gasteiger charge is -2.35. The number of nitrogens with zero attached hydrogens (tertiary/aromatic N) is 5. The van der Waals surface area contributed by atoms with Gasteiger partial charge in [-0.3, -0.25) is 0 Å². The molecule has 0 unspecified atom stereocenters. The maximum atomic E-state index is 6.03. The van der Waals surface area contributed by atoms with E-state index in [2.05, 4.69) is 30.1 Å². The highest BCUT2D eigenvalue weighted by Crippen LogP contribution is 2.24. The van der Waals surface area contributed by atoms with Gasteiger partial charge in [-0.1, -0.05) is 17.7 Å². The molecule has 0 amide bonds. The van der Waals surface area contributed by atoms with Crippen molar-refractivity contribution in [2.45, 2.75) is 6.92 Å². The molecule has 0 atom stereocenters. The number of benzene rings is 1. The van der Waals surface area contributed by atoms with E-state index in [1.165, 1.54) is 0 Å². The summed E-state index contributed by atoms with van der Waals surface area (Å²) in [5, 5.41) is 4.09. The van der Waals surface area contributed by atoms with Gasteiger partial charge in [-0.15, -0.1) is 0 Å². The molecule has 0 radical (unpaired) electrons. The van der Waals surface area contributed by atoms with Crippen molar-refractivity contribution in [2.24, 2.45) is 0 Å². The Hall–Kier alpha value is -2.86. The fraction of sp³-hybridized carbons (Fsp3) is 0.250. The molecule has 4 rings (SSSR count). The maximum absolute atomic E-state index is 6.03. The van der Waals surface area contributed by atoms with Crippen molar-refractivity contribution in [3.8, 4) is 0 Å². The van der Waals surface area contributed by atoms with Crippen molar-refractivity contribution < 1.29 is 0 Å². The Kier molecular flexibility index (Phi) is 5.07. The van der Waals surface area contributed by atoms with Gasteiger partial charge in [-0.05, 0) is 48.9 Å². The number of aromatic nitrogens is 3. The highest BCUT2D eigenvalue weighted by atomic mass is 35.5. The number of nitrogens with one attached hydrogen (secondary N) is 1. The Balaban J connectivity index is 1.44. The lowest BCUT2D eigenvalue weighted by Crippen LogP contribution is -2.47. The van der Waals surface area contributed by atoms with Gasteiger partial charge in [0.1, 0.15) is 11.6 Å². The highest BCUT2D eigenvalue weighted by molar-refractivity contribution is 6.30. The average molecular weight is 381 g/mol. The molecule has 1 N–H and O–H groups in total. The Bertz CT molecular complexity index is 909. The van der Waals surface area contributed by atoms with Gasteiger partial charge in [0.05, 0.1) is 0 Å². The van der Waals surface area contributed by atoms with Gasteiger partial charge in [0.25, 0.3) is 0 Å². The van der Waals surface area contributed by atoms with Crippen molar-refractivity contribution in [3.05, 3.63) is 65.4 Å². The summed E-state index contributed by atoms with van der Waals surface area (Å²) in [6, 6.07) is 13.6. The molecule has 0 saturated carbocycles. The minimum atomic E-state index is 0.729.